The van der Waals surface area contributed by atoms with Crippen LogP contribution in [0.4, 0.5) is 5.69 Å². The predicted octanol–water partition coefficient (Wildman–Crippen LogP) is 1.02. The highest BCUT2D eigenvalue weighted by Gasteiger charge is 2.30. The number of non-ortho nitro benzene ring substituents is 1. The molecule has 9 nitrogen and oxygen atoms in total. The Morgan fingerprint density at radius 1 is 1.31 bits per heavy atom. The normalized spacial score (nSPS) is 13.3. The van der Waals surface area contributed by atoms with E-state index in [-0.39, 0.29) is 12.2 Å². The predicted molar refractivity (Wildman–Crippen MR) is 95.0 cm³/mol. The molecule has 0 spiro atoms. The second-order valence-electron chi connectivity index (χ2n) is 5.60. The largest absolute Gasteiger partial charge is 0.454 e. The molecule has 0 radical (unpaired) electrons. The van der Waals surface area contributed by atoms with Gasteiger partial charge in [-0.1, -0.05) is 23.2 Å². The fourth-order valence-corrected chi connectivity index (χ4v) is 2.19. The maximum absolute atomic E-state index is 12.0. The number of aliphatic hydroxyl groups is 1. The molecule has 0 heterocycles. The summed E-state index contributed by atoms with van der Waals surface area (Å²) in [5.41, 5.74) is 0.195. The Labute approximate surface area is 160 Å². The van der Waals surface area contributed by atoms with Crippen molar-refractivity contribution < 1.29 is 24.4 Å². The molecule has 0 saturated carbocycles. The Morgan fingerprint density at radius 2 is 1.88 bits per heavy atom. The van der Waals surface area contributed by atoms with E-state index in [1.165, 1.54) is 24.3 Å². The Kier molecular flexibility index (Phi) is 8.73. The Balaban J connectivity index is 3.12. The lowest BCUT2D eigenvalue weighted by Crippen LogP contribution is -2.45. The molecular weight excluding hydrogens is 389 g/mol. The molecule has 11 heteroatoms. The number of benzene rings is 1. The summed E-state index contributed by atoms with van der Waals surface area (Å²) < 4.78 is 5.37. The SMILES string of the molecule is CN(C)CC(=O)O[C@H](c1ccc([N+](=O)[O-])cc1)[C@@H](CO)NC(=O)C(Cl)Cl. The van der Waals surface area contributed by atoms with E-state index >= 15 is 0 Å². The Morgan fingerprint density at radius 3 is 2.31 bits per heavy atom. The van der Waals surface area contributed by atoms with Gasteiger partial charge in [-0.3, -0.25) is 24.6 Å². The van der Waals surface area contributed by atoms with Crippen LogP contribution in [-0.4, -0.2) is 64.9 Å². The van der Waals surface area contributed by atoms with Crippen LogP contribution in [-0.2, 0) is 14.3 Å². The van der Waals surface area contributed by atoms with Gasteiger partial charge in [0.15, 0.2) is 4.84 Å². The number of carbonyl (C=O) groups excluding carboxylic acids is 2. The van der Waals surface area contributed by atoms with Gasteiger partial charge >= 0.3 is 5.97 Å². The number of esters is 1. The van der Waals surface area contributed by atoms with Crippen molar-refractivity contribution in [1.29, 1.82) is 0 Å². The van der Waals surface area contributed by atoms with Gasteiger partial charge in [0.2, 0.25) is 0 Å². The van der Waals surface area contributed by atoms with Crippen LogP contribution in [0.1, 0.15) is 11.7 Å². The summed E-state index contributed by atoms with van der Waals surface area (Å²) in [5.74, 6) is -1.39. The highest BCUT2D eigenvalue weighted by molar-refractivity contribution is 6.53. The number of ether oxygens (including phenoxy) is 1. The smallest absolute Gasteiger partial charge is 0.320 e. The minimum Gasteiger partial charge on any atom is -0.454 e. The first-order valence-corrected chi connectivity index (χ1v) is 8.31. The van der Waals surface area contributed by atoms with Crippen molar-refractivity contribution in [3.8, 4) is 0 Å². The monoisotopic (exact) mass is 407 g/mol. The van der Waals surface area contributed by atoms with Crippen LogP contribution >= 0.6 is 23.2 Å². The van der Waals surface area contributed by atoms with E-state index in [2.05, 4.69) is 5.32 Å². The van der Waals surface area contributed by atoms with Gasteiger partial charge in [0.05, 0.1) is 24.1 Å². The number of nitro groups is 1. The van der Waals surface area contributed by atoms with E-state index in [1.807, 2.05) is 0 Å². The number of rotatable bonds is 9. The second kappa shape index (κ2) is 10.3. The summed E-state index contributed by atoms with van der Waals surface area (Å²) in [6.07, 6.45) is -1.09. The van der Waals surface area contributed by atoms with Crippen molar-refractivity contribution in [3.05, 3.63) is 39.9 Å². The number of hydrogen-bond donors (Lipinski definition) is 2. The van der Waals surface area contributed by atoms with Crippen LogP contribution in [0.15, 0.2) is 24.3 Å². The number of nitro benzene ring substituents is 1. The number of carbonyl (C=O) groups is 2. The first-order valence-electron chi connectivity index (χ1n) is 7.43. The third kappa shape index (κ3) is 6.75. The van der Waals surface area contributed by atoms with Crippen LogP contribution < -0.4 is 5.32 Å². The highest BCUT2D eigenvalue weighted by atomic mass is 35.5. The number of hydrogen-bond acceptors (Lipinski definition) is 7. The molecule has 2 atom stereocenters. The third-order valence-corrected chi connectivity index (χ3v) is 3.62. The molecule has 0 fully saturated rings. The third-order valence-electron chi connectivity index (χ3n) is 3.22. The van der Waals surface area contributed by atoms with Crippen LogP contribution in [0, 0.1) is 10.1 Å². The zero-order valence-corrected chi connectivity index (χ0v) is 15.6. The highest BCUT2D eigenvalue weighted by Crippen LogP contribution is 2.25. The Hall–Kier alpha value is -1.94. The minimum atomic E-state index is -1.38. The number of alkyl halides is 2. The molecule has 2 N–H and O–H groups in total. The molecule has 0 aromatic heterocycles. The maximum Gasteiger partial charge on any atom is 0.320 e. The molecule has 0 aliphatic rings. The fraction of sp³-hybridized carbons (Fsp3) is 0.467. The molecule has 0 saturated heterocycles. The van der Waals surface area contributed by atoms with Crippen molar-refractivity contribution in [2.75, 3.05) is 27.2 Å². The lowest BCUT2D eigenvalue weighted by molar-refractivity contribution is -0.384. The van der Waals surface area contributed by atoms with Crippen molar-refractivity contribution in [1.82, 2.24) is 10.2 Å². The van der Waals surface area contributed by atoms with Crippen molar-refractivity contribution in [2.24, 2.45) is 0 Å². The lowest BCUT2D eigenvalue weighted by Gasteiger charge is -2.27. The average Bonchev–Trinajstić information content (AvgIpc) is 2.57. The summed E-state index contributed by atoms with van der Waals surface area (Å²) in [7, 11) is 3.33. The van der Waals surface area contributed by atoms with E-state index in [1.54, 1.807) is 19.0 Å². The first-order chi connectivity index (χ1) is 12.1. The Bertz CT molecular complexity index is 639. The first kappa shape index (κ1) is 22.1. The molecule has 1 amide bonds. The summed E-state index contributed by atoms with van der Waals surface area (Å²) in [4.78, 5) is 34.2. The van der Waals surface area contributed by atoms with Gasteiger partial charge in [0.1, 0.15) is 6.10 Å². The molecule has 26 heavy (non-hydrogen) atoms. The standard InChI is InChI=1S/C15H19Cl2N3O6/c1-19(2)7-12(22)26-13(11(8-21)18-15(23)14(16)17)9-3-5-10(6-4-9)20(24)25/h3-6,11,13-14,21H,7-8H2,1-2H3,(H,18,23)/t11-,13-/m1/s1. The van der Waals surface area contributed by atoms with Gasteiger partial charge in [0.25, 0.3) is 11.6 Å². The number of likely N-dealkylation sites (N-methyl/N-ethyl adjacent to an activating group) is 1. The second-order valence-corrected chi connectivity index (χ2v) is 6.69. The van der Waals surface area contributed by atoms with Crippen molar-refractivity contribution in [2.45, 2.75) is 17.0 Å². The molecule has 1 aromatic rings. The zero-order valence-electron chi connectivity index (χ0n) is 14.1. The van der Waals surface area contributed by atoms with Gasteiger partial charge in [-0.05, 0) is 31.8 Å². The fourth-order valence-electron chi connectivity index (χ4n) is 2.07. The van der Waals surface area contributed by atoms with Crippen LogP contribution in [0.2, 0.25) is 0 Å². The molecule has 0 bridgehead atoms. The van der Waals surface area contributed by atoms with E-state index < -0.39 is 40.4 Å². The number of aliphatic hydroxyl groups excluding tert-OH is 1. The van der Waals surface area contributed by atoms with Crippen LogP contribution in [0.5, 0.6) is 0 Å². The van der Waals surface area contributed by atoms with Gasteiger partial charge in [-0.25, -0.2) is 0 Å². The molecule has 0 unspecified atom stereocenters. The summed E-state index contributed by atoms with van der Waals surface area (Å²) in [6.45, 7) is -0.619. The zero-order chi connectivity index (χ0) is 19.9. The minimum absolute atomic E-state index is 0.0385. The van der Waals surface area contributed by atoms with E-state index in [9.17, 15) is 24.8 Å². The van der Waals surface area contributed by atoms with Gasteiger partial charge in [-0.2, -0.15) is 0 Å². The molecule has 1 aromatic carbocycles. The van der Waals surface area contributed by atoms with E-state index in [0.29, 0.717) is 5.56 Å². The molecule has 144 valence electrons. The number of nitrogens with one attached hydrogen (secondary N) is 1. The molecule has 1 rings (SSSR count). The average molecular weight is 408 g/mol. The lowest BCUT2D eigenvalue weighted by atomic mass is 10.0. The molecular formula is C15H19Cl2N3O6. The van der Waals surface area contributed by atoms with Crippen molar-refractivity contribution >= 4 is 40.8 Å². The summed E-state index contributed by atoms with van der Waals surface area (Å²) in [5, 5.41) is 22.8. The quantitative estimate of drug-likeness (QED) is 0.271. The van der Waals surface area contributed by atoms with E-state index in [4.69, 9.17) is 27.9 Å². The topological polar surface area (TPSA) is 122 Å². The van der Waals surface area contributed by atoms with Crippen LogP contribution in [0.25, 0.3) is 0 Å². The van der Waals surface area contributed by atoms with E-state index in [0.717, 1.165) is 0 Å². The number of amides is 1. The summed E-state index contributed by atoms with van der Waals surface area (Å²) >= 11 is 11.0. The van der Waals surface area contributed by atoms with Gasteiger partial charge in [-0.15, -0.1) is 0 Å². The molecule has 0 aliphatic carbocycles. The van der Waals surface area contributed by atoms with Crippen LogP contribution in [0.3, 0.4) is 0 Å². The van der Waals surface area contributed by atoms with Gasteiger partial charge in [0, 0.05) is 12.1 Å². The van der Waals surface area contributed by atoms with Gasteiger partial charge < -0.3 is 15.2 Å². The maximum atomic E-state index is 12.0. The number of nitrogens with zero attached hydrogens (tertiary/aromatic N) is 2. The number of halogens is 2. The van der Waals surface area contributed by atoms with Crippen molar-refractivity contribution in [3.63, 3.8) is 0 Å². The molecule has 0 aliphatic heterocycles. The summed E-state index contributed by atoms with van der Waals surface area (Å²) in [6, 6.07) is 4.16.